The summed E-state index contributed by atoms with van der Waals surface area (Å²) in [7, 11) is 0. The van der Waals surface area contributed by atoms with E-state index in [1.54, 1.807) is 6.07 Å². The second-order valence-corrected chi connectivity index (χ2v) is 3.41. The van der Waals surface area contributed by atoms with Crippen molar-refractivity contribution in [2.75, 3.05) is 5.73 Å². The van der Waals surface area contributed by atoms with Gasteiger partial charge < -0.3 is 5.73 Å². The second kappa shape index (κ2) is 3.57. The molecular formula is C11H11N3O. The van der Waals surface area contributed by atoms with E-state index in [-0.39, 0.29) is 11.2 Å². The molecular weight excluding hydrogens is 190 g/mol. The molecule has 15 heavy (non-hydrogen) atoms. The van der Waals surface area contributed by atoms with E-state index in [0.717, 1.165) is 11.1 Å². The van der Waals surface area contributed by atoms with Crippen molar-refractivity contribution in [1.82, 2.24) is 10.2 Å². The van der Waals surface area contributed by atoms with Crippen LogP contribution in [0, 0.1) is 6.92 Å². The number of anilines is 1. The molecule has 4 heteroatoms. The van der Waals surface area contributed by atoms with Crippen LogP contribution in [0.25, 0.3) is 11.3 Å². The summed E-state index contributed by atoms with van der Waals surface area (Å²) in [4.78, 5) is 11.0. The molecule has 0 aliphatic rings. The average Bonchev–Trinajstić information content (AvgIpc) is 2.22. The van der Waals surface area contributed by atoms with Crippen LogP contribution >= 0.6 is 0 Å². The summed E-state index contributed by atoms with van der Waals surface area (Å²) in [6.07, 6.45) is 0. The molecule has 0 saturated heterocycles. The normalized spacial score (nSPS) is 10.2. The van der Waals surface area contributed by atoms with Crippen LogP contribution < -0.4 is 11.3 Å². The van der Waals surface area contributed by atoms with E-state index < -0.39 is 0 Å². The quantitative estimate of drug-likeness (QED) is 0.731. The molecule has 0 saturated carbocycles. The van der Waals surface area contributed by atoms with Crippen molar-refractivity contribution in [2.45, 2.75) is 6.92 Å². The van der Waals surface area contributed by atoms with Crippen LogP contribution in [-0.2, 0) is 0 Å². The van der Waals surface area contributed by atoms with Gasteiger partial charge in [-0.2, -0.15) is 5.10 Å². The molecule has 76 valence electrons. The number of H-pyrrole nitrogens is 1. The van der Waals surface area contributed by atoms with Crippen molar-refractivity contribution in [1.29, 1.82) is 0 Å². The summed E-state index contributed by atoms with van der Waals surface area (Å²) in [5.74, 6) is 0. The fourth-order valence-corrected chi connectivity index (χ4v) is 1.37. The van der Waals surface area contributed by atoms with Gasteiger partial charge >= 0.3 is 0 Å². The van der Waals surface area contributed by atoms with Gasteiger partial charge in [0.15, 0.2) is 0 Å². The first-order valence-electron chi connectivity index (χ1n) is 4.59. The highest BCUT2D eigenvalue weighted by Crippen LogP contribution is 2.17. The zero-order valence-corrected chi connectivity index (χ0v) is 8.32. The lowest BCUT2D eigenvalue weighted by atomic mass is 10.1. The Kier molecular flexibility index (Phi) is 2.25. The number of nitrogens with two attached hydrogens (primary N) is 1. The van der Waals surface area contributed by atoms with Crippen LogP contribution in [0.15, 0.2) is 35.1 Å². The van der Waals surface area contributed by atoms with Crippen molar-refractivity contribution >= 4 is 5.69 Å². The number of nitrogen functional groups attached to an aromatic ring is 1. The smallest absolute Gasteiger partial charge is 0.287 e. The third kappa shape index (κ3) is 1.88. The van der Waals surface area contributed by atoms with Gasteiger partial charge in [-0.15, -0.1) is 0 Å². The summed E-state index contributed by atoms with van der Waals surface area (Å²) in [5, 5.41) is 6.29. The predicted molar refractivity (Wildman–Crippen MR) is 59.4 cm³/mol. The highest BCUT2D eigenvalue weighted by Gasteiger charge is 2.02. The molecule has 0 amide bonds. The third-order valence-corrected chi connectivity index (χ3v) is 2.15. The minimum absolute atomic E-state index is 0.182. The Hall–Kier alpha value is -2.10. The van der Waals surface area contributed by atoms with Gasteiger partial charge in [-0.05, 0) is 19.1 Å². The highest BCUT2D eigenvalue weighted by atomic mass is 16.1. The predicted octanol–water partition coefficient (Wildman–Crippen LogP) is 1.33. The van der Waals surface area contributed by atoms with Crippen molar-refractivity contribution in [3.8, 4) is 11.3 Å². The Morgan fingerprint density at radius 3 is 2.80 bits per heavy atom. The molecule has 0 aliphatic heterocycles. The van der Waals surface area contributed by atoms with E-state index >= 15 is 0 Å². The van der Waals surface area contributed by atoms with Crippen molar-refractivity contribution < 1.29 is 0 Å². The first kappa shape index (κ1) is 9.45. The standard InChI is InChI=1S/C11H11N3O/c1-7-3-2-4-8(5-7)10-6-9(12)11(15)14-13-10/h2-6H,1H3,(H2,12,13)(H,14,15). The molecule has 3 N–H and O–H groups in total. The molecule has 0 unspecified atom stereocenters. The number of nitrogens with one attached hydrogen (secondary N) is 1. The van der Waals surface area contributed by atoms with Gasteiger partial charge in [0.05, 0.1) is 5.69 Å². The fraction of sp³-hybridized carbons (Fsp3) is 0.0909. The number of benzene rings is 1. The van der Waals surface area contributed by atoms with E-state index in [0.29, 0.717) is 5.69 Å². The summed E-state index contributed by atoms with van der Waals surface area (Å²) >= 11 is 0. The Bertz CT molecular complexity index is 546. The largest absolute Gasteiger partial charge is 0.394 e. The zero-order chi connectivity index (χ0) is 10.8. The highest BCUT2D eigenvalue weighted by molar-refractivity contribution is 5.62. The Balaban J connectivity index is 2.55. The number of nitrogens with zero attached hydrogens (tertiary/aromatic N) is 1. The van der Waals surface area contributed by atoms with Crippen molar-refractivity contribution in [3.63, 3.8) is 0 Å². The molecule has 4 nitrogen and oxygen atoms in total. The molecule has 1 heterocycles. The second-order valence-electron chi connectivity index (χ2n) is 3.41. The maximum absolute atomic E-state index is 11.0. The third-order valence-electron chi connectivity index (χ3n) is 2.15. The number of hydrogen-bond donors (Lipinski definition) is 2. The SMILES string of the molecule is Cc1cccc(-c2cc(N)c(=O)[nH]n2)c1. The van der Waals surface area contributed by atoms with Gasteiger partial charge in [-0.3, -0.25) is 4.79 Å². The summed E-state index contributed by atoms with van der Waals surface area (Å²) < 4.78 is 0. The Morgan fingerprint density at radius 1 is 1.33 bits per heavy atom. The lowest BCUT2D eigenvalue weighted by Crippen LogP contribution is -2.13. The molecule has 0 atom stereocenters. The molecule has 1 aromatic heterocycles. The molecule has 0 aliphatic carbocycles. The summed E-state index contributed by atoms with van der Waals surface area (Å²) in [5.41, 5.74) is 8.10. The number of aromatic amines is 1. The van der Waals surface area contributed by atoms with Gasteiger partial charge in [0, 0.05) is 5.56 Å². The van der Waals surface area contributed by atoms with E-state index in [4.69, 9.17) is 5.73 Å². The Morgan fingerprint density at radius 2 is 2.13 bits per heavy atom. The molecule has 0 bridgehead atoms. The van der Waals surface area contributed by atoms with Crippen LogP contribution in [0.4, 0.5) is 5.69 Å². The number of aryl methyl sites for hydroxylation is 1. The molecule has 0 radical (unpaired) electrons. The van der Waals surface area contributed by atoms with E-state index in [2.05, 4.69) is 10.2 Å². The molecule has 0 spiro atoms. The van der Waals surface area contributed by atoms with Gasteiger partial charge in [0.25, 0.3) is 5.56 Å². The minimum atomic E-state index is -0.355. The van der Waals surface area contributed by atoms with E-state index in [1.807, 2.05) is 31.2 Å². The zero-order valence-electron chi connectivity index (χ0n) is 8.32. The maximum Gasteiger partial charge on any atom is 0.287 e. The van der Waals surface area contributed by atoms with Crippen LogP contribution in [-0.4, -0.2) is 10.2 Å². The molecule has 0 fully saturated rings. The fourth-order valence-electron chi connectivity index (χ4n) is 1.37. The van der Waals surface area contributed by atoms with Gasteiger partial charge in [-0.25, -0.2) is 5.10 Å². The van der Waals surface area contributed by atoms with Crippen LogP contribution in [0.1, 0.15) is 5.56 Å². The topological polar surface area (TPSA) is 71.8 Å². The van der Waals surface area contributed by atoms with Crippen LogP contribution in [0.5, 0.6) is 0 Å². The van der Waals surface area contributed by atoms with Crippen LogP contribution in [0.2, 0.25) is 0 Å². The van der Waals surface area contributed by atoms with Gasteiger partial charge in [-0.1, -0.05) is 23.8 Å². The summed E-state index contributed by atoms with van der Waals surface area (Å²) in [6.45, 7) is 2.00. The minimum Gasteiger partial charge on any atom is -0.394 e. The molecule has 1 aromatic carbocycles. The lowest BCUT2D eigenvalue weighted by Gasteiger charge is -2.01. The van der Waals surface area contributed by atoms with Gasteiger partial charge in [0.1, 0.15) is 5.69 Å². The van der Waals surface area contributed by atoms with Crippen LogP contribution in [0.3, 0.4) is 0 Å². The summed E-state index contributed by atoms with van der Waals surface area (Å²) in [6, 6.07) is 9.42. The Labute approximate surface area is 86.8 Å². The number of rotatable bonds is 1. The number of hydrogen-bond acceptors (Lipinski definition) is 3. The van der Waals surface area contributed by atoms with Gasteiger partial charge in [0.2, 0.25) is 0 Å². The molecule has 2 rings (SSSR count). The first-order chi connectivity index (χ1) is 7.16. The first-order valence-corrected chi connectivity index (χ1v) is 4.59. The monoisotopic (exact) mass is 201 g/mol. The van der Waals surface area contributed by atoms with Crippen molar-refractivity contribution in [3.05, 3.63) is 46.2 Å². The average molecular weight is 201 g/mol. The van der Waals surface area contributed by atoms with E-state index in [1.165, 1.54) is 0 Å². The lowest BCUT2D eigenvalue weighted by molar-refractivity contribution is 0.999. The number of aromatic nitrogens is 2. The van der Waals surface area contributed by atoms with Crippen molar-refractivity contribution in [2.24, 2.45) is 0 Å². The maximum atomic E-state index is 11.0. The molecule has 2 aromatic rings. The van der Waals surface area contributed by atoms with E-state index in [9.17, 15) is 4.79 Å².